The Hall–Kier alpha value is -0.870. The van der Waals surface area contributed by atoms with E-state index in [1.54, 1.807) is 0 Å². The molecule has 33 heavy (non-hydrogen) atoms. The Kier molecular flexibility index (Phi) is 25.1. The first-order valence-electron chi connectivity index (χ1n) is 14.4. The van der Waals surface area contributed by atoms with Crippen molar-refractivity contribution in [1.29, 1.82) is 0 Å². The average Bonchev–Trinajstić information content (AvgIpc) is 2.82. The van der Waals surface area contributed by atoms with Crippen molar-refractivity contribution in [1.82, 2.24) is 5.32 Å². The molecule has 0 aliphatic carbocycles. The molecule has 1 amide bonds. The highest BCUT2D eigenvalue weighted by molar-refractivity contribution is 5.76. The summed E-state index contributed by atoms with van der Waals surface area (Å²) >= 11 is 0. The van der Waals surface area contributed by atoms with Gasteiger partial charge in [0, 0.05) is 6.42 Å². The van der Waals surface area contributed by atoms with Crippen LogP contribution in [0.1, 0.15) is 149 Å². The summed E-state index contributed by atoms with van der Waals surface area (Å²) in [6.07, 6.45) is 28.2. The number of aliphatic hydroxyl groups excluding tert-OH is 2. The molecule has 4 nitrogen and oxygen atoms in total. The van der Waals surface area contributed by atoms with E-state index < -0.39 is 12.1 Å². The lowest BCUT2D eigenvalue weighted by Gasteiger charge is -2.22. The van der Waals surface area contributed by atoms with Crippen LogP contribution in [-0.4, -0.2) is 34.9 Å². The Labute approximate surface area is 206 Å². The highest BCUT2D eigenvalue weighted by Crippen LogP contribution is 2.12. The van der Waals surface area contributed by atoms with Crippen molar-refractivity contribution in [3.8, 4) is 0 Å². The fraction of sp³-hybridized carbons (Fsp3) is 0.897. The second-order valence-corrected chi connectivity index (χ2v) is 9.81. The van der Waals surface area contributed by atoms with Gasteiger partial charge < -0.3 is 15.5 Å². The Balaban J connectivity index is 3.68. The van der Waals surface area contributed by atoms with Gasteiger partial charge in [0.05, 0.1) is 18.8 Å². The second kappa shape index (κ2) is 25.7. The Morgan fingerprint density at radius 3 is 1.67 bits per heavy atom. The average molecular weight is 468 g/mol. The summed E-state index contributed by atoms with van der Waals surface area (Å²) in [6, 6.07) is -0.542. The number of hydrogen-bond donors (Lipinski definition) is 3. The van der Waals surface area contributed by atoms with Crippen molar-refractivity contribution in [2.45, 2.75) is 161 Å². The van der Waals surface area contributed by atoms with Gasteiger partial charge in [-0.15, -0.1) is 0 Å². The van der Waals surface area contributed by atoms with E-state index in [0.29, 0.717) is 12.8 Å². The van der Waals surface area contributed by atoms with Gasteiger partial charge in [0.15, 0.2) is 0 Å². The maximum absolute atomic E-state index is 12.2. The molecule has 0 bridgehead atoms. The molecule has 2 atom stereocenters. The van der Waals surface area contributed by atoms with E-state index in [0.717, 1.165) is 32.1 Å². The zero-order chi connectivity index (χ0) is 24.4. The predicted octanol–water partition coefficient (Wildman–Crippen LogP) is 7.61. The van der Waals surface area contributed by atoms with Gasteiger partial charge in [-0.1, -0.05) is 116 Å². The summed E-state index contributed by atoms with van der Waals surface area (Å²) in [5.74, 6) is -0.0467. The molecular formula is C29H57NO3. The fourth-order valence-corrected chi connectivity index (χ4v) is 4.23. The molecule has 0 aromatic rings. The summed E-state index contributed by atoms with van der Waals surface area (Å²) in [5.41, 5.74) is 0. The number of carbonyl (C=O) groups is 1. The summed E-state index contributed by atoms with van der Waals surface area (Å²) in [4.78, 5) is 12.2. The van der Waals surface area contributed by atoms with Crippen LogP contribution < -0.4 is 5.32 Å². The number of unbranched alkanes of at least 4 members (excludes halogenated alkanes) is 16. The van der Waals surface area contributed by atoms with Crippen molar-refractivity contribution in [3.63, 3.8) is 0 Å². The summed E-state index contributed by atoms with van der Waals surface area (Å²) in [7, 11) is 0. The number of allylic oxidation sites excluding steroid dienone is 2. The SMILES string of the molecule is CCCCCCC/C=C/CCCC[C@@H](O)[C@H](CO)NC(=O)CCCCCCCCCCCC. The number of aliphatic hydroxyl groups is 2. The molecule has 196 valence electrons. The van der Waals surface area contributed by atoms with E-state index in [2.05, 4.69) is 31.3 Å². The van der Waals surface area contributed by atoms with Crippen LogP contribution in [0.3, 0.4) is 0 Å². The minimum Gasteiger partial charge on any atom is -0.394 e. The van der Waals surface area contributed by atoms with Crippen molar-refractivity contribution in [2.75, 3.05) is 6.61 Å². The molecule has 0 saturated carbocycles. The number of hydrogen-bond acceptors (Lipinski definition) is 3. The van der Waals surface area contributed by atoms with Crippen LogP contribution in [0.5, 0.6) is 0 Å². The summed E-state index contributed by atoms with van der Waals surface area (Å²) in [5, 5.41) is 22.8. The first kappa shape index (κ1) is 32.1. The van der Waals surface area contributed by atoms with Gasteiger partial charge in [0.2, 0.25) is 5.91 Å². The zero-order valence-corrected chi connectivity index (χ0v) is 22.2. The molecule has 0 unspecified atom stereocenters. The van der Waals surface area contributed by atoms with E-state index in [4.69, 9.17) is 0 Å². The highest BCUT2D eigenvalue weighted by Gasteiger charge is 2.19. The maximum Gasteiger partial charge on any atom is 0.220 e. The van der Waals surface area contributed by atoms with E-state index in [1.165, 1.54) is 89.9 Å². The van der Waals surface area contributed by atoms with E-state index in [-0.39, 0.29) is 12.5 Å². The molecule has 0 aromatic heterocycles. The number of amides is 1. The van der Waals surface area contributed by atoms with Gasteiger partial charge in [-0.25, -0.2) is 0 Å². The standard InChI is InChI=1S/C29H57NO3/c1-3-5-7-9-11-13-15-16-18-20-22-24-28(32)27(26-31)30-29(33)25-23-21-19-17-14-12-10-8-6-4-2/h15-16,27-28,31-32H,3-14,17-26H2,1-2H3,(H,30,33)/b16-15+/t27-,28+/m0/s1. The summed E-state index contributed by atoms with van der Waals surface area (Å²) in [6.45, 7) is 4.28. The van der Waals surface area contributed by atoms with Gasteiger partial charge in [-0.2, -0.15) is 0 Å². The van der Waals surface area contributed by atoms with Gasteiger partial charge in [-0.3, -0.25) is 4.79 Å². The Bertz CT molecular complexity index is 439. The fourth-order valence-electron chi connectivity index (χ4n) is 4.23. The van der Waals surface area contributed by atoms with Gasteiger partial charge >= 0.3 is 0 Å². The Morgan fingerprint density at radius 1 is 0.697 bits per heavy atom. The highest BCUT2D eigenvalue weighted by atomic mass is 16.3. The van der Waals surface area contributed by atoms with Crippen molar-refractivity contribution < 1.29 is 15.0 Å². The molecule has 0 saturated heterocycles. The topological polar surface area (TPSA) is 69.6 Å². The number of carbonyl (C=O) groups excluding carboxylic acids is 1. The third-order valence-electron chi connectivity index (χ3n) is 6.53. The predicted molar refractivity (Wildman–Crippen MR) is 142 cm³/mol. The van der Waals surface area contributed by atoms with Gasteiger partial charge in [-0.05, 0) is 38.5 Å². The van der Waals surface area contributed by atoms with E-state index in [9.17, 15) is 15.0 Å². The van der Waals surface area contributed by atoms with E-state index >= 15 is 0 Å². The van der Waals surface area contributed by atoms with Crippen molar-refractivity contribution in [3.05, 3.63) is 12.2 Å². The monoisotopic (exact) mass is 467 g/mol. The third-order valence-corrected chi connectivity index (χ3v) is 6.53. The van der Waals surface area contributed by atoms with Crippen molar-refractivity contribution in [2.24, 2.45) is 0 Å². The summed E-state index contributed by atoms with van der Waals surface area (Å²) < 4.78 is 0. The second-order valence-electron chi connectivity index (χ2n) is 9.81. The van der Waals surface area contributed by atoms with E-state index in [1.807, 2.05) is 0 Å². The van der Waals surface area contributed by atoms with Crippen LogP contribution in [0.2, 0.25) is 0 Å². The number of rotatable bonds is 25. The van der Waals surface area contributed by atoms with Crippen LogP contribution in [0.4, 0.5) is 0 Å². The maximum atomic E-state index is 12.2. The van der Waals surface area contributed by atoms with Crippen LogP contribution in [0.25, 0.3) is 0 Å². The molecular weight excluding hydrogens is 410 g/mol. The molecule has 0 rings (SSSR count). The molecule has 0 aromatic carbocycles. The molecule has 0 spiro atoms. The molecule has 0 aliphatic heterocycles. The molecule has 0 fully saturated rings. The lowest BCUT2D eigenvalue weighted by molar-refractivity contribution is -0.123. The van der Waals surface area contributed by atoms with Crippen LogP contribution in [-0.2, 0) is 4.79 Å². The first-order valence-corrected chi connectivity index (χ1v) is 14.4. The molecule has 0 heterocycles. The molecule has 0 aliphatic rings. The first-order chi connectivity index (χ1) is 16.2. The minimum atomic E-state index is -0.672. The zero-order valence-electron chi connectivity index (χ0n) is 22.2. The van der Waals surface area contributed by atoms with Gasteiger partial charge in [0.1, 0.15) is 0 Å². The number of nitrogens with one attached hydrogen (secondary N) is 1. The molecule has 4 heteroatoms. The molecule has 3 N–H and O–H groups in total. The normalized spacial score (nSPS) is 13.5. The third kappa shape index (κ3) is 22.7. The quantitative estimate of drug-likeness (QED) is 0.0955. The smallest absolute Gasteiger partial charge is 0.220 e. The lowest BCUT2D eigenvalue weighted by Crippen LogP contribution is -2.45. The largest absolute Gasteiger partial charge is 0.394 e. The minimum absolute atomic E-state index is 0.0467. The van der Waals surface area contributed by atoms with Gasteiger partial charge in [0.25, 0.3) is 0 Å². The van der Waals surface area contributed by atoms with Crippen LogP contribution in [0.15, 0.2) is 12.2 Å². The van der Waals surface area contributed by atoms with Crippen molar-refractivity contribution >= 4 is 5.91 Å². The Morgan fingerprint density at radius 2 is 1.15 bits per heavy atom. The lowest BCUT2D eigenvalue weighted by atomic mass is 10.0. The molecule has 0 radical (unpaired) electrons. The van der Waals surface area contributed by atoms with Crippen LogP contribution in [0, 0.1) is 0 Å². The van der Waals surface area contributed by atoms with Crippen LogP contribution >= 0.6 is 0 Å².